The van der Waals surface area contributed by atoms with Crippen LogP contribution in [0.3, 0.4) is 0 Å². The van der Waals surface area contributed by atoms with E-state index in [0.29, 0.717) is 11.3 Å². The third kappa shape index (κ3) is 3.90. The van der Waals surface area contributed by atoms with Crippen LogP contribution in [0.25, 0.3) is 0 Å². The number of anilines is 1. The molecule has 2 heterocycles. The highest BCUT2D eigenvalue weighted by Gasteiger charge is 2.35. The molecular weight excluding hydrogens is 392 g/mol. The van der Waals surface area contributed by atoms with Gasteiger partial charge in [0, 0.05) is 18.9 Å². The van der Waals surface area contributed by atoms with Crippen LogP contribution in [0, 0.1) is 24.2 Å². The van der Waals surface area contributed by atoms with E-state index >= 15 is 0 Å². The predicted molar refractivity (Wildman–Crippen MR) is 108 cm³/mol. The summed E-state index contributed by atoms with van der Waals surface area (Å²) in [5, 5.41) is 11.9. The highest BCUT2D eigenvalue weighted by molar-refractivity contribution is 7.89. The summed E-state index contributed by atoms with van der Waals surface area (Å²) in [5.74, 6) is -0.687. The standard InChI is InChI=1S/C20H22N4O4S/c1-5-12(2)16-11-28-19-17(29(26,27)23-16)10-24(4)18(19)20(25)22-15-7-6-13(3)14(8-15)9-21/h5-8,10,12,16,23H,1,11H2,2-4H3,(H,22,25)/t12-,16+/m0/s1. The fraction of sp³-hybridized carbons (Fsp3) is 0.300. The van der Waals surface area contributed by atoms with E-state index in [1.54, 1.807) is 38.2 Å². The maximum Gasteiger partial charge on any atom is 0.276 e. The summed E-state index contributed by atoms with van der Waals surface area (Å²) in [6, 6.07) is 6.54. The van der Waals surface area contributed by atoms with Crippen molar-refractivity contribution < 1.29 is 17.9 Å². The summed E-state index contributed by atoms with van der Waals surface area (Å²) in [7, 11) is -2.30. The van der Waals surface area contributed by atoms with Crippen molar-refractivity contribution in [2.75, 3.05) is 11.9 Å². The highest BCUT2D eigenvalue weighted by atomic mass is 32.2. The fourth-order valence-electron chi connectivity index (χ4n) is 3.07. The summed E-state index contributed by atoms with van der Waals surface area (Å²) in [6.45, 7) is 7.39. The van der Waals surface area contributed by atoms with Gasteiger partial charge in [0.2, 0.25) is 10.0 Å². The maximum absolute atomic E-state index is 12.9. The Balaban J connectivity index is 1.97. The van der Waals surface area contributed by atoms with E-state index in [4.69, 9.17) is 4.74 Å². The van der Waals surface area contributed by atoms with Crippen molar-refractivity contribution in [2.45, 2.75) is 24.8 Å². The zero-order valence-corrected chi connectivity index (χ0v) is 17.2. The molecule has 0 unspecified atom stereocenters. The number of hydrogen-bond acceptors (Lipinski definition) is 5. The lowest BCUT2D eigenvalue weighted by atomic mass is 10.0. The van der Waals surface area contributed by atoms with Crippen LogP contribution < -0.4 is 14.8 Å². The second-order valence-corrected chi connectivity index (χ2v) is 8.69. The Hall–Kier alpha value is -3.09. The maximum atomic E-state index is 12.9. The largest absolute Gasteiger partial charge is 0.488 e. The molecule has 0 fully saturated rings. The summed E-state index contributed by atoms with van der Waals surface area (Å²) in [5.41, 5.74) is 1.75. The van der Waals surface area contributed by atoms with Crippen LogP contribution in [0.5, 0.6) is 5.75 Å². The fourth-order valence-corrected chi connectivity index (χ4v) is 4.58. The normalized spacial score (nSPS) is 18.5. The lowest BCUT2D eigenvalue weighted by molar-refractivity contribution is 0.101. The summed E-state index contributed by atoms with van der Waals surface area (Å²) >= 11 is 0. The number of aromatic nitrogens is 1. The third-order valence-corrected chi connectivity index (χ3v) is 6.43. The first kappa shape index (κ1) is 20.6. The van der Waals surface area contributed by atoms with Gasteiger partial charge in [-0.05, 0) is 30.5 Å². The van der Waals surface area contributed by atoms with E-state index in [1.807, 2.05) is 6.92 Å². The molecule has 29 heavy (non-hydrogen) atoms. The Morgan fingerprint density at radius 1 is 1.52 bits per heavy atom. The molecule has 0 radical (unpaired) electrons. The van der Waals surface area contributed by atoms with Crippen LogP contribution in [0.1, 0.15) is 28.5 Å². The molecule has 1 aliphatic heterocycles. The molecule has 2 N–H and O–H groups in total. The second kappa shape index (κ2) is 7.73. The quantitative estimate of drug-likeness (QED) is 0.746. The minimum atomic E-state index is -3.87. The Morgan fingerprint density at radius 2 is 2.24 bits per heavy atom. The first-order valence-corrected chi connectivity index (χ1v) is 10.5. The van der Waals surface area contributed by atoms with Gasteiger partial charge in [0.05, 0.1) is 17.7 Å². The van der Waals surface area contributed by atoms with Crippen molar-refractivity contribution in [1.29, 1.82) is 5.26 Å². The number of carbonyl (C=O) groups excluding carboxylic acids is 1. The number of nitrogens with zero attached hydrogens (tertiary/aromatic N) is 2. The van der Waals surface area contributed by atoms with Gasteiger partial charge in [0.1, 0.15) is 11.5 Å². The van der Waals surface area contributed by atoms with Crippen LogP contribution in [-0.2, 0) is 17.1 Å². The molecule has 0 aliphatic carbocycles. The van der Waals surface area contributed by atoms with E-state index in [1.165, 1.54) is 10.8 Å². The minimum Gasteiger partial charge on any atom is -0.488 e. The van der Waals surface area contributed by atoms with Crippen LogP contribution in [0.15, 0.2) is 41.9 Å². The topological polar surface area (TPSA) is 113 Å². The van der Waals surface area contributed by atoms with E-state index < -0.39 is 22.0 Å². The van der Waals surface area contributed by atoms with Crippen LogP contribution in [-0.4, -0.2) is 31.5 Å². The van der Waals surface area contributed by atoms with E-state index in [2.05, 4.69) is 22.7 Å². The Bertz CT molecular complexity index is 1130. The smallest absolute Gasteiger partial charge is 0.276 e. The number of rotatable bonds is 4. The van der Waals surface area contributed by atoms with Crippen LogP contribution >= 0.6 is 0 Å². The lowest BCUT2D eigenvalue weighted by Crippen LogP contribution is -2.41. The zero-order chi connectivity index (χ0) is 21.3. The molecule has 0 spiro atoms. The summed E-state index contributed by atoms with van der Waals surface area (Å²) in [4.78, 5) is 12.8. The number of nitriles is 1. The number of nitrogens with one attached hydrogen (secondary N) is 2. The number of carbonyl (C=O) groups is 1. The molecule has 2 atom stereocenters. The van der Waals surface area contributed by atoms with Crippen LogP contribution in [0.2, 0.25) is 0 Å². The van der Waals surface area contributed by atoms with E-state index in [9.17, 15) is 18.5 Å². The average Bonchev–Trinajstić information content (AvgIpc) is 2.96. The van der Waals surface area contributed by atoms with Gasteiger partial charge in [-0.2, -0.15) is 5.26 Å². The monoisotopic (exact) mass is 414 g/mol. The summed E-state index contributed by atoms with van der Waals surface area (Å²) in [6.07, 6.45) is 2.99. The molecule has 1 aromatic heterocycles. The van der Waals surface area contributed by atoms with Crippen LogP contribution in [0.4, 0.5) is 5.69 Å². The number of aryl methyl sites for hydroxylation is 2. The number of ether oxygens (including phenoxy) is 1. The van der Waals surface area contributed by atoms with Gasteiger partial charge in [-0.25, -0.2) is 13.1 Å². The number of amides is 1. The highest BCUT2D eigenvalue weighted by Crippen LogP contribution is 2.33. The third-order valence-electron chi connectivity index (χ3n) is 4.94. The van der Waals surface area contributed by atoms with Crippen molar-refractivity contribution in [3.8, 4) is 11.8 Å². The average molecular weight is 414 g/mol. The van der Waals surface area contributed by atoms with Crippen molar-refractivity contribution in [3.05, 3.63) is 53.9 Å². The first-order chi connectivity index (χ1) is 13.7. The van der Waals surface area contributed by atoms with Crippen molar-refractivity contribution in [2.24, 2.45) is 13.0 Å². The van der Waals surface area contributed by atoms with Gasteiger partial charge < -0.3 is 14.6 Å². The predicted octanol–water partition coefficient (Wildman–Crippen LogP) is 2.32. The van der Waals surface area contributed by atoms with Crippen molar-refractivity contribution >= 4 is 21.6 Å². The molecule has 0 saturated carbocycles. The number of benzene rings is 1. The zero-order valence-electron chi connectivity index (χ0n) is 16.4. The van der Waals surface area contributed by atoms with Gasteiger partial charge in [-0.3, -0.25) is 4.79 Å². The lowest BCUT2D eigenvalue weighted by Gasteiger charge is -2.19. The van der Waals surface area contributed by atoms with Gasteiger partial charge >= 0.3 is 0 Å². The molecule has 152 valence electrons. The molecule has 8 nitrogen and oxygen atoms in total. The molecular formula is C20H22N4O4S. The molecule has 1 amide bonds. The second-order valence-electron chi connectivity index (χ2n) is 7.01. The van der Waals surface area contributed by atoms with Gasteiger partial charge in [-0.15, -0.1) is 6.58 Å². The Kier molecular flexibility index (Phi) is 5.50. The molecule has 0 saturated heterocycles. The van der Waals surface area contributed by atoms with Crippen molar-refractivity contribution in [1.82, 2.24) is 9.29 Å². The molecule has 3 rings (SSSR count). The van der Waals surface area contributed by atoms with Gasteiger partial charge in [0.25, 0.3) is 5.91 Å². The van der Waals surface area contributed by atoms with Crippen molar-refractivity contribution in [3.63, 3.8) is 0 Å². The molecule has 2 aromatic rings. The van der Waals surface area contributed by atoms with E-state index in [0.717, 1.165) is 5.56 Å². The molecule has 1 aliphatic rings. The summed E-state index contributed by atoms with van der Waals surface area (Å²) < 4.78 is 35.4. The van der Waals surface area contributed by atoms with Gasteiger partial charge in [-0.1, -0.05) is 19.1 Å². The molecule has 9 heteroatoms. The SMILES string of the molecule is C=C[C@H](C)[C@H]1COc2c(cn(C)c2C(=O)Nc2ccc(C)c(C#N)c2)S(=O)(=O)N1. The minimum absolute atomic E-state index is 0.00359. The number of hydrogen-bond donors (Lipinski definition) is 2. The molecule has 0 bridgehead atoms. The Labute approximate surface area is 169 Å². The first-order valence-electron chi connectivity index (χ1n) is 8.97. The van der Waals surface area contributed by atoms with Gasteiger partial charge in [0.15, 0.2) is 11.4 Å². The molecule has 1 aromatic carbocycles. The Morgan fingerprint density at radius 3 is 2.90 bits per heavy atom. The number of fused-ring (bicyclic) bond motifs is 1. The van der Waals surface area contributed by atoms with E-state index in [-0.39, 0.29) is 28.9 Å². The number of sulfonamides is 1.